The molecule has 0 radical (unpaired) electrons. The van der Waals surface area contributed by atoms with Gasteiger partial charge in [0.1, 0.15) is 23.3 Å². The number of fused-ring (bicyclic) bond motifs is 1. The normalized spacial score (nSPS) is 20.4. The van der Waals surface area contributed by atoms with Gasteiger partial charge in [0.05, 0.1) is 11.1 Å². The Kier molecular flexibility index (Phi) is 4.97. The number of Topliss-reactive ketones (excluding diaryl/α,β-unsaturated/α-hetero) is 1. The second kappa shape index (κ2) is 6.94. The predicted octanol–water partition coefficient (Wildman–Crippen LogP) is 3.68. The molecule has 1 aliphatic heterocycles. The summed E-state index contributed by atoms with van der Waals surface area (Å²) in [6.45, 7) is 4.83. The van der Waals surface area contributed by atoms with Crippen molar-refractivity contribution in [2.45, 2.75) is 38.5 Å². The third-order valence-corrected chi connectivity index (χ3v) is 4.91. The Balaban J connectivity index is 2.00. The monoisotopic (exact) mass is 391 g/mol. The highest BCUT2D eigenvalue weighted by atomic mass is 35.5. The molecule has 7 heteroatoms. The molecule has 0 saturated carbocycles. The van der Waals surface area contributed by atoms with E-state index in [1.807, 2.05) is 0 Å². The summed E-state index contributed by atoms with van der Waals surface area (Å²) in [4.78, 5) is 24.4. The Bertz CT molecular complexity index is 928. The molecule has 0 spiro atoms. The minimum Gasteiger partial charge on any atom is -0.485 e. The SMILES string of the molecule is CC(=O)c1ccc2c(c1)C(NC(=O)c1ccc(F)c(Cl)c1)C(O)C(C)(C)O2. The average molecular weight is 392 g/mol. The van der Waals surface area contributed by atoms with Crippen LogP contribution in [0.25, 0.3) is 0 Å². The lowest BCUT2D eigenvalue weighted by Gasteiger charge is -2.42. The molecular formula is C20H19ClFNO4. The zero-order chi connectivity index (χ0) is 19.9. The van der Waals surface area contributed by atoms with Gasteiger partial charge in [-0.15, -0.1) is 0 Å². The van der Waals surface area contributed by atoms with E-state index in [4.69, 9.17) is 16.3 Å². The number of aliphatic hydroxyl groups excluding tert-OH is 1. The molecule has 0 saturated heterocycles. The number of hydrogen-bond acceptors (Lipinski definition) is 4. The smallest absolute Gasteiger partial charge is 0.251 e. The van der Waals surface area contributed by atoms with E-state index < -0.39 is 29.5 Å². The van der Waals surface area contributed by atoms with Crippen molar-refractivity contribution in [3.8, 4) is 5.75 Å². The number of aliphatic hydroxyl groups is 1. The third kappa shape index (κ3) is 3.68. The maximum absolute atomic E-state index is 13.3. The highest BCUT2D eigenvalue weighted by molar-refractivity contribution is 6.31. The number of ketones is 1. The minimum atomic E-state index is -1.08. The molecule has 2 atom stereocenters. The number of carbonyl (C=O) groups is 2. The molecular weight excluding hydrogens is 373 g/mol. The number of ether oxygens (including phenoxy) is 1. The van der Waals surface area contributed by atoms with Crippen molar-refractivity contribution < 1.29 is 23.8 Å². The Labute approximate surface area is 161 Å². The molecule has 2 unspecified atom stereocenters. The summed E-state index contributed by atoms with van der Waals surface area (Å²) >= 11 is 5.75. The first-order chi connectivity index (χ1) is 12.6. The lowest BCUT2D eigenvalue weighted by atomic mass is 9.85. The van der Waals surface area contributed by atoms with E-state index in [9.17, 15) is 19.1 Å². The van der Waals surface area contributed by atoms with Crippen molar-refractivity contribution in [2.75, 3.05) is 0 Å². The summed E-state index contributed by atoms with van der Waals surface area (Å²) in [5, 5.41) is 13.3. The Morgan fingerprint density at radius 1 is 1.19 bits per heavy atom. The van der Waals surface area contributed by atoms with Gasteiger partial charge in [-0.3, -0.25) is 9.59 Å². The third-order valence-electron chi connectivity index (χ3n) is 4.62. The topological polar surface area (TPSA) is 75.6 Å². The van der Waals surface area contributed by atoms with Crippen LogP contribution in [0.5, 0.6) is 5.75 Å². The zero-order valence-electron chi connectivity index (χ0n) is 15.0. The Morgan fingerprint density at radius 2 is 1.85 bits per heavy atom. The van der Waals surface area contributed by atoms with Crippen LogP contribution >= 0.6 is 11.6 Å². The molecule has 0 aliphatic carbocycles. The largest absolute Gasteiger partial charge is 0.485 e. The second-order valence-corrected chi connectivity index (χ2v) is 7.45. The summed E-state index contributed by atoms with van der Waals surface area (Å²) in [5.41, 5.74) is 0.120. The van der Waals surface area contributed by atoms with Gasteiger partial charge in [-0.25, -0.2) is 4.39 Å². The van der Waals surface area contributed by atoms with Gasteiger partial charge in [0.15, 0.2) is 5.78 Å². The van der Waals surface area contributed by atoms with E-state index in [0.717, 1.165) is 6.07 Å². The van der Waals surface area contributed by atoms with E-state index >= 15 is 0 Å². The average Bonchev–Trinajstić information content (AvgIpc) is 2.60. The van der Waals surface area contributed by atoms with Crippen LogP contribution in [0.1, 0.15) is 53.1 Å². The molecule has 3 rings (SSSR count). The molecule has 2 N–H and O–H groups in total. The number of carbonyl (C=O) groups excluding carboxylic acids is 2. The molecule has 27 heavy (non-hydrogen) atoms. The van der Waals surface area contributed by atoms with Crippen LogP contribution < -0.4 is 10.1 Å². The van der Waals surface area contributed by atoms with E-state index in [1.165, 1.54) is 19.1 Å². The van der Waals surface area contributed by atoms with Gasteiger partial charge in [-0.05, 0) is 57.2 Å². The highest BCUT2D eigenvalue weighted by Gasteiger charge is 2.43. The van der Waals surface area contributed by atoms with Crippen molar-refractivity contribution in [2.24, 2.45) is 0 Å². The minimum absolute atomic E-state index is 0.146. The number of nitrogens with one attached hydrogen (secondary N) is 1. The highest BCUT2D eigenvalue weighted by Crippen LogP contribution is 2.40. The van der Waals surface area contributed by atoms with Gasteiger partial charge >= 0.3 is 0 Å². The van der Waals surface area contributed by atoms with Crippen LogP contribution in [0.2, 0.25) is 5.02 Å². The fourth-order valence-electron chi connectivity index (χ4n) is 3.04. The molecule has 0 aromatic heterocycles. The van der Waals surface area contributed by atoms with Crippen molar-refractivity contribution in [3.63, 3.8) is 0 Å². The van der Waals surface area contributed by atoms with Crippen molar-refractivity contribution >= 4 is 23.3 Å². The van der Waals surface area contributed by atoms with Gasteiger partial charge < -0.3 is 15.2 Å². The van der Waals surface area contributed by atoms with E-state index in [0.29, 0.717) is 16.9 Å². The second-order valence-electron chi connectivity index (χ2n) is 7.04. The van der Waals surface area contributed by atoms with Crippen LogP contribution in [0.15, 0.2) is 36.4 Å². The molecule has 0 fully saturated rings. The van der Waals surface area contributed by atoms with Gasteiger partial charge in [-0.1, -0.05) is 11.6 Å². The lowest BCUT2D eigenvalue weighted by Crippen LogP contribution is -2.53. The maximum atomic E-state index is 13.3. The molecule has 5 nitrogen and oxygen atoms in total. The van der Waals surface area contributed by atoms with Crippen LogP contribution in [-0.4, -0.2) is 28.5 Å². The van der Waals surface area contributed by atoms with Crippen molar-refractivity contribution in [3.05, 3.63) is 63.9 Å². The molecule has 1 heterocycles. The summed E-state index contributed by atoms with van der Waals surface area (Å²) in [7, 11) is 0. The number of amides is 1. The van der Waals surface area contributed by atoms with Gasteiger partial charge in [-0.2, -0.15) is 0 Å². The molecule has 1 amide bonds. The first kappa shape index (κ1) is 19.3. The van der Waals surface area contributed by atoms with Gasteiger partial charge in [0.25, 0.3) is 5.91 Å². The Morgan fingerprint density at radius 3 is 2.48 bits per heavy atom. The fraction of sp³-hybridized carbons (Fsp3) is 0.300. The Hall–Kier alpha value is -2.44. The van der Waals surface area contributed by atoms with Crippen LogP contribution in [0.3, 0.4) is 0 Å². The standard InChI is InChI=1S/C20H19ClFNO4/c1-10(24)11-5-7-16-13(8-11)17(18(25)20(2,3)27-16)23-19(26)12-4-6-15(22)14(21)9-12/h4-9,17-18,25H,1-3H3,(H,23,26). The molecule has 2 aromatic carbocycles. The number of rotatable bonds is 3. The van der Waals surface area contributed by atoms with Crippen molar-refractivity contribution in [1.29, 1.82) is 0 Å². The summed E-state index contributed by atoms with van der Waals surface area (Å²) in [5.74, 6) is -0.833. The molecule has 1 aliphatic rings. The van der Waals surface area contributed by atoms with Crippen LogP contribution in [-0.2, 0) is 0 Å². The number of halogens is 2. The predicted molar refractivity (Wildman–Crippen MR) is 98.8 cm³/mol. The van der Waals surface area contributed by atoms with Crippen LogP contribution in [0.4, 0.5) is 4.39 Å². The summed E-state index contributed by atoms with van der Waals surface area (Å²) in [6.07, 6.45) is -1.08. The zero-order valence-corrected chi connectivity index (χ0v) is 15.8. The van der Waals surface area contributed by atoms with E-state index in [2.05, 4.69) is 5.32 Å². The van der Waals surface area contributed by atoms with Gasteiger partial charge in [0.2, 0.25) is 0 Å². The van der Waals surface area contributed by atoms with Crippen LogP contribution in [0, 0.1) is 5.82 Å². The summed E-state index contributed by atoms with van der Waals surface area (Å²) < 4.78 is 19.2. The molecule has 2 aromatic rings. The molecule has 142 valence electrons. The van der Waals surface area contributed by atoms with Crippen molar-refractivity contribution in [1.82, 2.24) is 5.32 Å². The van der Waals surface area contributed by atoms with Gasteiger partial charge in [0, 0.05) is 16.7 Å². The molecule has 0 bridgehead atoms. The van der Waals surface area contributed by atoms with E-state index in [-0.39, 0.29) is 16.4 Å². The fourth-order valence-corrected chi connectivity index (χ4v) is 3.22. The summed E-state index contributed by atoms with van der Waals surface area (Å²) in [6, 6.07) is 7.68. The lowest BCUT2D eigenvalue weighted by molar-refractivity contribution is -0.0627. The maximum Gasteiger partial charge on any atom is 0.251 e. The number of hydrogen-bond donors (Lipinski definition) is 2. The first-order valence-corrected chi connectivity index (χ1v) is 8.76. The first-order valence-electron chi connectivity index (χ1n) is 8.38. The quantitative estimate of drug-likeness (QED) is 0.782. The number of benzene rings is 2. The van der Waals surface area contributed by atoms with E-state index in [1.54, 1.807) is 32.0 Å².